The van der Waals surface area contributed by atoms with Crippen LogP contribution in [0.25, 0.3) is 0 Å². The molecular formula is C15H23N3O2. The second-order valence-electron chi connectivity index (χ2n) is 5.24. The van der Waals surface area contributed by atoms with Gasteiger partial charge in [0.25, 0.3) is 0 Å². The third kappa shape index (κ3) is 3.71. The summed E-state index contributed by atoms with van der Waals surface area (Å²) in [5.74, 6) is -0.126. The zero-order chi connectivity index (χ0) is 14.5. The SMILES string of the molecule is Cc1ccc(CNC(=O)[C@@H](C)N)c(N2CCOCC2)c1. The van der Waals surface area contributed by atoms with Crippen LogP contribution in [-0.2, 0) is 16.1 Å². The largest absolute Gasteiger partial charge is 0.378 e. The number of hydrogen-bond donors (Lipinski definition) is 2. The van der Waals surface area contributed by atoms with Crippen LogP contribution in [0.3, 0.4) is 0 Å². The first kappa shape index (κ1) is 14.8. The third-order valence-electron chi connectivity index (χ3n) is 3.46. The van der Waals surface area contributed by atoms with Crippen molar-refractivity contribution in [3.05, 3.63) is 29.3 Å². The molecular weight excluding hydrogens is 254 g/mol. The van der Waals surface area contributed by atoms with Crippen molar-refractivity contribution in [3.8, 4) is 0 Å². The number of hydrogen-bond acceptors (Lipinski definition) is 4. The van der Waals surface area contributed by atoms with Crippen LogP contribution in [0.15, 0.2) is 18.2 Å². The van der Waals surface area contributed by atoms with Crippen LogP contribution in [0.5, 0.6) is 0 Å². The lowest BCUT2D eigenvalue weighted by atomic mass is 10.1. The second-order valence-corrected chi connectivity index (χ2v) is 5.24. The minimum Gasteiger partial charge on any atom is -0.378 e. The molecule has 1 heterocycles. The second kappa shape index (κ2) is 6.72. The maximum absolute atomic E-state index is 11.6. The average Bonchev–Trinajstić information content (AvgIpc) is 2.46. The van der Waals surface area contributed by atoms with Crippen LogP contribution in [0.4, 0.5) is 5.69 Å². The lowest BCUT2D eigenvalue weighted by molar-refractivity contribution is -0.122. The van der Waals surface area contributed by atoms with Crippen LogP contribution in [0.2, 0.25) is 0 Å². The van der Waals surface area contributed by atoms with Crippen molar-refractivity contribution in [2.24, 2.45) is 5.73 Å². The van der Waals surface area contributed by atoms with E-state index >= 15 is 0 Å². The van der Waals surface area contributed by atoms with Gasteiger partial charge in [0.05, 0.1) is 19.3 Å². The maximum Gasteiger partial charge on any atom is 0.236 e. The molecule has 110 valence electrons. The number of benzene rings is 1. The molecule has 1 amide bonds. The summed E-state index contributed by atoms with van der Waals surface area (Å²) in [7, 11) is 0. The number of amides is 1. The van der Waals surface area contributed by atoms with Crippen LogP contribution in [-0.4, -0.2) is 38.3 Å². The molecule has 0 bridgehead atoms. The summed E-state index contributed by atoms with van der Waals surface area (Å²) in [6, 6.07) is 5.82. The molecule has 1 aromatic rings. The first-order valence-electron chi connectivity index (χ1n) is 7.03. The number of carbonyl (C=O) groups is 1. The third-order valence-corrected chi connectivity index (χ3v) is 3.46. The van der Waals surface area contributed by atoms with E-state index in [-0.39, 0.29) is 5.91 Å². The molecule has 1 saturated heterocycles. The molecule has 1 fully saturated rings. The van der Waals surface area contributed by atoms with E-state index < -0.39 is 6.04 Å². The van der Waals surface area contributed by atoms with E-state index in [1.165, 1.54) is 11.3 Å². The molecule has 1 aliphatic heterocycles. The van der Waals surface area contributed by atoms with Crippen molar-refractivity contribution in [1.82, 2.24) is 5.32 Å². The number of anilines is 1. The first-order chi connectivity index (χ1) is 9.58. The Morgan fingerprint density at radius 2 is 2.15 bits per heavy atom. The molecule has 5 heteroatoms. The van der Waals surface area contributed by atoms with Crippen molar-refractivity contribution < 1.29 is 9.53 Å². The van der Waals surface area contributed by atoms with Gasteiger partial charge in [-0.3, -0.25) is 4.79 Å². The number of rotatable bonds is 4. The highest BCUT2D eigenvalue weighted by Crippen LogP contribution is 2.23. The number of aryl methyl sites for hydroxylation is 1. The van der Waals surface area contributed by atoms with Gasteiger partial charge in [-0.25, -0.2) is 0 Å². The van der Waals surface area contributed by atoms with Gasteiger partial charge in [-0.2, -0.15) is 0 Å². The summed E-state index contributed by atoms with van der Waals surface area (Å²) in [5.41, 5.74) is 9.08. The Morgan fingerprint density at radius 1 is 1.45 bits per heavy atom. The predicted molar refractivity (Wildman–Crippen MR) is 79.7 cm³/mol. The van der Waals surface area contributed by atoms with E-state index in [1.807, 2.05) is 0 Å². The van der Waals surface area contributed by atoms with Gasteiger partial charge in [0, 0.05) is 25.3 Å². The van der Waals surface area contributed by atoms with Gasteiger partial charge < -0.3 is 20.7 Å². The number of nitrogens with one attached hydrogen (secondary N) is 1. The molecule has 1 aromatic carbocycles. The molecule has 3 N–H and O–H groups in total. The summed E-state index contributed by atoms with van der Waals surface area (Å²) in [6.07, 6.45) is 0. The van der Waals surface area contributed by atoms with Crippen LogP contribution >= 0.6 is 0 Å². The van der Waals surface area contributed by atoms with Crippen molar-refractivity contribution >= 4 is 11.6 Å². The monoisotopic (exact) mass is 277 g/mol. The van der Waals surface area contributed by atoms with E-state index in [2.05, 4.69) is 35.3 Å². The van der Waals surface area contributed by atoms with Crippen molar-refractivity contribution in [2.45, 2.75) is 26.4 Å². The number of nitrogens with two attached hydrogens (primary N) is 1. The summed E-state index contributed by atoms with van der Waals surface area (Å²) in [5, 5.41) is 2.88. The van der Waals surface area contributed by atoms with E-state index in [0.717, 1.165) is 31.9 Å². The zero-order valence-electron chi connectivity index (χ0n) is 12.2. The molecule has 1 aliphatic rings. The number of carbonyl (C=O) groups excluding carboxylic acids is 1. The minimum atomic E-state index is -0.479. The molecule has 0 aliphatic carbocycles. The Hall–Kier alpha value is -1.59. The van der Waals surface area contributed by atoms with E-state index in [4.69, 9.17) is 10.5 Å². The summed E-state index contributed by atoms with van der Waals surface area (Å²) < 4.78 is 5.39. The average molecular weight is 277 g/mol. The highest BCUT2D eigenvalue weighted by atomic mass is 16.5. The Balaban J connectivity index is 2.12. The van der Waals surface area contributed by atoms with Gasteiger partial charge in [0.2, 0.25) is 5.91 Å². The molecule has 0 unspecified atom stereocenters. The van der Waals surface area contributed by atoms with Crippen LogP contribution < -0.4 is 16.0 Å². The number of nitrogens with zero attached hydrogens (tertiary/aromatic N) is 1. The molecule has 2 rings (SSSR count). The zero-order valence-corrected chi connectivity index (χ0v) is 12.2. The highest BCUT2D eigenvalue weighted by Gasteiger charge is 2.16. The molecule has 0 spiro atoms. The van der Waals surface area contributed by atoms with Crippen LogP contribution in [0.1, 0.15) is 18.1 Å². The van der Waals surface area contributed by atoms with E-state index in [9.17, 15) is 4.79 Å². The molecule has 0 radical (unpaired) electrons. The standard InChI is InChI=1S/C15H23N3O2/c1-11-3-4-13(10-17-15(19)12(2)16)14(9-11)18-5-7-20-8-6-18/h3-4,9,12H,5-8,10,16H2,1-2H3,(H,17,19)/t12-/m1/s1. The Morgan fingerprint density at radius 3 is 2.80 bits per heavy atom. The van der Waals surface area contributed by atoms with Crippen LogP contribution in [0, 0.1) is 6.92 Å². The van der Waals surface area contributed by atoms with E-state index in [0.29, 0.717) is 6.54 Å². The smallest absolute Gasteiger partial charge is 0.236 e. The highest BCUT2D eigenvalue weighted by molar-refractivity contribution is 5.81. The summed E-state index contributed by atoms with van der Waals surface area (Å²) in [4.78, 5) is 13.9. The van der Waals surface area contributed by atoms with Gasteiger partial charge in [0.15, 0.2) is 0 Å². The van der Waals surface area contributed by atoms with Gasteiger partial charge in [-0.05, 0) is 31.0 Å². The fraction of sp³-hybridized carbons (Fsp3) is 0.533. The fourth-order valence-corrected chi connectivity index (χ4v) is 2.27. The normalized spacial score (nSPS) is 16.9. The minimum absolute atomic E-state index is 0.126. The summed E-state index contributed by atoms with van der Waals surface area (Å²) in [6.45, 7) is 7.55. The number of ether oxygens (including phenoxy) is 1. The molecule has 1 atom stereocenters. The van der Waals surface area contributed by atoms with Crippen molar-refractivity contribution in [2.75, 3.05) is 31.2 Å². The Kier molecular flexibility index (Phi) is 4.98. The lowest BCUT2D eigenvalue weighted by Gasteiger charge is -2.31. The van der Waals surface area contributed by atoms with Gasteiger partial charge in [-0.15, -0.1) is 0 Å². The summed E-state index contributed by atoms with van der Waals surface area (Å²) >= 11 is 0. The van der Waals surface area contributed by atoms with Crippen molar-refractivity contribution in [3.63, 3.8) is 0 Å². The quantitative estimate of drug-likeness (QED) is 0.854. The van der Waals surface area contributed by atoms with E-state index in [1.54, 1.807) is 6.92 Å². The van der Waals surface area contributed by atoms with Gasteiger partial charge >= 0.3 is 0 Å². The fourth-order valence-electron chi connectivity index (χ4n) is 2.27. The topological polar surface area (TPSA) is 67.6 Å². The van der Waals surface area contributed by atoms with Gasteiger partial charge in [0.1, 0.15) is 0 Å². The molecule has 0 saturated carbocycles. The Labute approximate surface area is 120 Å². The number of morpholine rings is 1. The van der Waals surface area contributed by atoms with Crippen molar-refractivity contribution in [1.29, 1.82) is 0 Å². The first-order valence-corrected chi connectivity index (χ1v) is 7.03. The molecule has 20 heavy (non-hydrogen) atoms. The van der Waals surface area contributed by atoms with Gasteiger partial charge in [-0.1, -0.05) is 12.1 Å². The molecule has 0 aromatic heterocycles. The maximum atomic E-state index is 11.6. The predicted octanol–water partition coefficient (Wildman–Crippen LogP) is 0.795. The lowest BCUT2D eigenvalue weighted by Crippen LogP contribution is -2.39. The molecule has 5 nitrogen and oxygen atoms in total. The Bertz CT molecular complexity index is 468.